The van der Waals surface area contributed by atoms with Crippen LogP contribution >= 0.6 is 0 Å². The van der Waals surface area contributed by atoms with Gasteiger partial charge in [0, 0.05) is 5.39 Å². The zero-order valence-corrected chi connectivity index (χ0v) is 33.3. The molecule has 1 aliphatic carbocycles. The van der Waals surface area contributed by atoms with Gasteiger partial charge in [-0.1, -0.05) is 188 Å². The summed E-state index contributed by atoms with van der Waals surface area (Å²) in [5.74, 6) is 2.99. The zero-order valence-electron chi connectivity index (χ0n) is 33.3. The van der Waals surface area contributed by atoms with Gasteiger partial charge in [-0.15, -0.1) is 0 Å². The summed E-state index contributed by atoms with van der Waals surface area (Å²) in [7, 11) is 0. The second-order valence-corrected chi connectivity index (χ2v) is 16.2. The van der Waals surface area contributed by atoms with Crippen LogP contribution in [0.2, 0.25) is 0 Å². The Balaban J connectivity index is 0.900. The number of nitrogens with zero attached hydrogens (tertiary/aromatic N) is 2. The fraction of sp³-hybridized carbons (Fsp3) is 0.0339. The van der Waals surface area contributed by atoms with Crippen LogP contribution < -0.4 is 0 Å². The maximum atomic E-state index is 4.97. The Morgan fingerprint density at radius 1 is 0.410 bits per heavy atom. The zero-order chi connectivity index (χ0) is 40.3. The predicted octanol–water partition coefficient (Wildman–Crippen LogP) is 14.7. The van der Waals surface area contributed by atoms with Crippen LogP contribution in [0.25, 0.3) is 77.0 Å². The molecule has 2 heterocycles. The van der Waals surface area contributed by atoms with E-state index in [-0.39, 0.29) is 6.04 Å². The van der Waals surface area contributed by atoms with Gasteiger partial charge in [-0.05, 0) is 131 Å². The molecule has 0 saturated carbocycles. The van der Waals surface area contributed by atoms with Crippen molar-refractivity contribution in [2.45, 2.75) is 11.5 Å². The molecule has 9 aromatic carbocycles. The number of fused-ring (bicyclic) bond motifs is 7. The highest BCUT2D eigenvalue weighted by Gasteiger charge is 2.46. The molecule has 2 heteroatoms. The highest BCUT2D eigenvalue weighted by atomic mass is 14.8. The summed E-state index contributed by atoms with van der Waals surface area (Å²) in [4.78, 5) is 9.51. The number of hydrogen-bond acceptors (Lipinski definition) is 2. The molecule has 0 radical (unpaired) electrons. The van der Waals surface area contributed by atoms with Gasteiger partial charge in [-0.3, -0.25) is 4.98 Å². The van der Waals surface area contributed by atoms with Gasteiger partial charge in [0.1, 0.15) is 6.04 Å². The van der Waals surface area contributed by atoms with Gasteiger partial charge in [0.2, 0.25) is 0 Å². The number of aliphatic imine (C=N–C) groups is 1. The Bertz CT molecular complexity index is 3410. The smallest absolute Gasteiger partial charge is 0.120 e. The van der Waals surface area contributed by atoms with E-state index in [9.17, 15) is 0 Å². The van der Waals surface area contributed by atoms with Crippen molar-refractivity contribution in [3.63, 3.8) is 0 Å². The van der Waals surface area contributed by atoms with E-state index in [0.717, 1.165) is 27.7 Å². The van der Waals surface area contributed by atoms with Gasteiger partial charge < -0.3 is 0 Å². The number of benzene rings is 9. The largest absolute Gasteiger partial charge is 0.250 e. The topological polar surface area (TPSA) is 25.2 Å². The molecule has 1 aromatic heterocycles. The van der Waals surface area contributed by atoms with E-state index in [0.29, 0.717) is 0 Å². The number of hydrogen-bond donors (Lipinski definition) is 0. The van der Waals surface area contributed by atoms with E-state index in [1.54, 1.807) is 0 Å². The third-order valence-corrected chi connectivity index (χ3v) is 12.9. The molecule has 10 aromatic rings. The predicted molar refractivity (Wildman–Crippen MR) is 254 cm³/mol. The molecule has 1 unspecified atom stereocenters. The lowest BCUT2D eigenvalue weighted by atomic mass is 9.67. The molecule has 0 N–H and O–H groups in total. The molecular weight excluding hydrogens is 737 g/mol. The van der Waals surface area contributed by atoms with Gasteiger partial charge in [-0.25, -0.2) is 4.99 Å². The summed E-state index contributed by atoms with van der Waals surface area (Å²) in [5.41, 5.74) is 16.4. The highest BCUT2D eigenvalue weighted by Crippen LogP contribution is 2.56. The van der Waals surface area contributed by atoms with Crippen LogP contribution in [0.3, 0.4) is 0 Å². The lowest BCUT2D eigenvalue weighted by molar-refractivity contribution is 0.769. The van der Waals surface area contributed by atoms with Crippen LogP contribution in [-0.4, -0.2) is 10.9 Å². The van der Waals surface area contributed by atoms with Gasteiger partial charge in [0.05, 0.1) is 16.6 Å². The van der Waals surface area contributed by atoms with Crippen LogP contribution in [0.4, 0.5) is 0 Å². The third kappa shape index (κ3) is 5.65. The van der Waals surface area contributed by atoms with Crippen molar-refractivity contribution in [3.8, 4) is 44.5 Å². The van der Waals surface area contributed by atoms with Crippen LogP contribution in [0.15, 0.2) is 229 Å². The first-order valence-corrected chi connectivity index (χ1v) is 21.0. The van der Waals surface area contributed by atoms with E-state index in [2.05, 4.69) is 217 Å². The number of allylic oxidation sites excluding steroid dienone is 2. The average molecular weight is 775 g/mol. The molecule has 0 saturated heterocycles. The monoisotopic (exact) mass is 774 g/mol. The van der Waals surface area contributed by atoms with E-state index in [1.165, 1.54) is 77.2 Å². The van der Waals surface area contributed by atoms with Crippen molar-refractivity contribution < 1.29 is 0 Å². The first-order chi connectivity index (χ1) is 30.2. The first kappa shape index (κ1) is 35.1. The van der Waals surface area contributed by atoms with Crippen molar-refractivity contribution in [2.75, 3.05) is 0 Å². The summed E-state index contributed by atoms with van der Waals surface area (Å²) in [6.45, 7) is 0. The lowest BCUT2D eigenvalue weighted by Gasteiger charge is -2.34. The number of pyridine rings is 1. The van der Waals surface area contributed by atoms with Gasteiger partial charge in [0.15, 0.2) is 0 Å². The molecule has 0 bridgehead atoms. The standard InChI is InChI=1S/C59H38N2/c1-3-13-46(14-4-1)59(47-15-5-2-6-16-47)54-19-9-7-17-50(54)51-33-30-43(37-55(51)59)42-29-32-49-45(36-42)27-26-44-35-41(28-31-48(44)49)39-22-24-40(25-23-39)53-38-58(57-21-11-12-34-60-57)61-56-20-10-8-18-52(53)56/h1-33,35-38,57H. The van der Waals surface area contributed by atoms with Crippen molar-refractivity contribution in [3.05, 3.63) is 252 Å². The van der Waals surface area contributed by atoms with Crippen LogP contribution in [0, 0.1) is 0 Å². The van der Waals surface area contributed by atoms with Gasteiger partial charge >= 0.3 is 0 Å². The van der Waals surface area contributed by atoms with E-state index in [1.807, 2.05) is 18.2 Å². The molecule has 1 aliphatic heterocycles. The number of para-hydroxylation sites is 1. The van der Waals surface area contributed by atoms with E-state index >= 15 is 0 Å². The minimum Gasteiger partial charge on any atom is -0.250 e. The summed E-state index contributed by atoms with van der Waals surface area (Å²) in [6.07, 6.45) is 5.89. The minimum atomic E-state index is -0.424. The van der Waals surface area contributed by atoms with Crippen LogP contribution in [-0.2, 0) is 5.41 Å². The lowest BCUT2D eigenvalue weighted by Crippen LogP contribution is -2.28. The molecule has 61 heavy (non-hydrogen) atoms. The van der Waals surface area contributed by atoms with Crippen molar-refractivity contribution in [1.29, 1.82) is 0 Å². The summed E-state index contributed by atoms with van der Waals surface area (Å²) >= 11 is 0. The Morgan fingerprint density at radius 3 is 1.69 bits per heavy atom. The second-order valence-electron chi connectivity index (χ2n) is 16.2. The van der Waals surface area contributed by atoms with Gasteiger partial charge in [0.25, 0.3) is 0 Å². The fourth-order valence-electron chi connectivity index (χ4n) is 10.0. The Kier molecular flexibility index (Phi) is 8.13. The summed E-state index contributed by atoms with van der Waals surface area (Å²) in [6, 6.07) is 75.8. The highest BCUT2D eigenvalue weighted by molar-refractivity contribution is 6.09. The maximum Gasteiger partial charge on any atom is 0.120 e. The molecule has 0 spiro atoms. The molecule has 1 atom stereocenters. The minimum absolute atomic E-state index is 0.134. The van der Waals surface area contributed by atoms with Crippen molar-refractivity contribution >= 4 is 38.3 Å². The first-order valence-electron chi connectivity index (χ1n) is 21.0. The Labute approximate surface area is 355 Å². The van der Waals surface area contributed by atoms with Crippen LogP contribution in [0.1, 0.15) is 34.0 Å². The molecule has 284 valence electrons. The van der Waals surface area contributed by atoms with Crippen molar-refractivity contribution in [1.82, 2.24) is 4.98 Å². The Morgan fingerprint density at radius 2 is 0.984 bits per heavy atom. The normalized spacial score (nSPS) is 14.7. The average Bonchev–Trinajstić information content (AvgIpc) is 3.64. The molecule has 12 rings (SSSR count). The SMILES string of the molecule is C1=CC=CC(c2cc(-c3ccc(-c4ccc5c(ccc6cc(-c7ccc8c(c7)C(c7ccccc7)(c7ccccc7)c7ccccc7-8)ccc65)c4)cc3)c3ccccc3n2)N=1. The summed E-state index contributed by atoms with van der Waals surface area (Å²) in [5, 5.41) is 6.11. The number of rotatable bonds is 6. The number of aromatic nitrogens is 1. The van der Waals surface area contributed by atoms with Crippen LogP contribution in [0.5, 0.6) is 0 Å². The third-order valence-electron chi connectivity index (χ3n) is 12.9. The molecule has 0 amide bonds. The molecular formula is C59H38N2. The second kappa shape index (κ2) is 14.1. The molecule has 0 fully saturated rings. The van der Waals surface area contributed by atoms with Gasteiger partial charge in [-0.2, -0.15) is 0 Å². The van der Waals surface area contributed by atoms with E-state index < -0.39 is 5.41 Å². The Hall–Kier alpha value is -7.90. The molecule has 2 aliphatic rings. The quantitative estimate of drug-likeness (QED) is 0.154. The van der Waals surface area contributed by atoms with Crippen molar-refractivity contribution in [2.24, 2.45) is 4.99 Å². The summed E-state index contributed by atoms with van der Waals surface area (Å²) < 4.78 is 0. The molecule has 2 nitrogen and oxygen atoms in total. The fourth-order valence-corrected chi connectivity index (χ4v) is 10.0. The van der Waals surface area contributed by atoms with E-state index in [4.69, 9.17) is 4.98 Å². The maximum absolute atomic E-state index is 4.97.